The summed E-state index contributed by atoms with van der Waals surface area (Å²) in [6.07, 6.45) is -4.29. The van der Waals surface area contributed by atoms with Crippen molar-refractivity contribution in [1.29, 1.82) is 0 Å². The van der Waals surface area contributed by atoms with Crippen LogP contribution in [0, 0.1) is 0 Å². The molecule has 0 saturated heterocycles. The molecule has 0 radical (unpaired) electrons. The lowest BCUT2D eigenvalue weighted by Crippen LogP contribution is -2.58. The second-order valence-corrected chi connectivity index (χ2v) is 6.90. The molecule has 0 aliphatic rings. The minimum atomic E-state index is -4.80. The van der Waals surface area contributed by atoms with E-state index >= 15 is 0 Å². The Labute approximate surface area is 166 Å². The van der Waals surface area contributed by atoms with Crippen molar-refractivity contribution >= 4 is 17.7 Å². The van der Waals surface area contributed by atoms with Gasteiger partial charge in [0.05, 0.1) is 6.42 Å². The SMILES string of the molecule is CC(C)(NC(=O)[C@@H](CCCN)NC(=O)Cc1ccc(OC(F)(F)F)cc1)C(N)=O. The molecule has 29 heavy (non-hydrogen) atoms. The van der Waals surface area contributed by atoms with Crippen LogP contribution in [0.4, 0.5) is 13.2 Å². The van der Waals surface area contributed by atoms with E-state index in [1.54, 1.807) is 0 Å². The molecular weight excluding hydrogens is 393 g/mol. The molecule has 11 heteroatoms. The summed E-state index contributed by atoms with van der Waals surface area (Å²) >= 11 is 0. The van der Waals surface area contributed by atoms with E-state index < -0.39 is 41.4 Å². The highest BCUT2D eigenvalue weighted by Gasteiger charge is 2.32. The lowest BCUT2D eigenvalue weighted by Gasteiger charge is -2.26. The van der Waals surface area contributed by atoms with Crippen molar-refractivity contribution in [3.05, 3.63) is 29.8 Å². The molecule has 1 atom stereocenters. The highest BCUT2D eigenvalue weighted by molar-refractivity contribution is 5.93. The van der Waals surface area contributed by atoms with Gasteiger partial charge in [0.25, 0.3) is 0 Å². The van der Waals surface area contributed by atoms with Crippen LogP contribution in [0.15, 0.2) is 24.3 Å². The topological polar surface area (TPSA) is 137 Å². The molecule has 3 amide bonds. The second-order valence-electron chi connectivity index (χ2n) is 6.90. The van der Waals surface area contributed by atoms with Crippen molar-refractivity contribution in [3.63, 3.8) is 0 Å². The van der Waals surface area contributed by atoms with Gasteiger partial charge in [-0.15, -0.1) is 13.2 Å². The van der Waals surface area contributed by atoms with E-state index in [4.69, 9.17) is 11.5 Å². The van der Waals surface area contributed by atoms with E-state index in [1.807, 2.05) is 0 Å². The maximum atomic E-state index is 12.4. The summed E-state index contributed by atoms with van der Waals surface area (Å²) in [7, 11) is 0. The summed E-state index contributed by atoms with van der Waals surface area (Å²) in [5.74, 6) is -2.26. The highest BCUT2D eigenvalue weighted by Crippen LogP contribution is 2.22. The van der Waals surface area contributed by atoms with E-state index in [9.17, 15) is 27.6 Å². The lowest BCUT2D eigenvalue weighted by atomic mass is 10.0. The zero-order chi connectivity index (χ0) is 22.2. The standard InChI is InChI=1S/C18H25F3N4O4/c1-17(2,16(23)28)25-15(27)13(4-3-9-22)24-14(26)10-11-5-7-12(8-6-11)29-18(19,20)21/h5-8,13H,3-4,9-10,22H2,1-2H3,(H2,23,28)(H,24,26)(H,25,27)/t13-/m1/s1. The minimum absolute atomic E-state index is 0.169. The molecule has 1 aromatic rings. The molecule has 8 nitrogen and oxygen atoms in total. The van der Waals surface area contributed by atoms with Crippen LogP contribution in [-0.4, -0.2) is 42.2 Å². The van der Waals surface area contributed by atoms with Crippen LogP contribution in [0.3, 0.4) is 0 Å². The zero-order valence-electron chi connectivity index (χ0n) is 16.1. The number of carbonyl (C=O) groups is 3. The van der Waals surface area contributed by atoms with Gasteiger partial charge in [-0.25, -0.2) is 0 Å². The fourth-order valence-electron chi connectivity index (χ4n) is 2.29. The van der Waals surface area contributed by atoms with Crippen molar-refractivity contribution in [2.75, 3.05) is 6.54 Å². The smallest absolute Gasteiger partial charge is 0.406 e. The quantitative estimate of drug-likeness (QED) is 0.444. The summed E-state index contributed by atoms with van der Waals surface area (Å²) in [6, 6.07) is 3.85. The van der Waals surface area contributed by atoms with Crippen LogP contribution in [0.1, 0.15) is 32.3 Å². The molecule has 0 heterocycles. The van der Waals surface area contributed by atoms with Gasteiger partial charge in [-0.1, -0.05) is 12.1 Å². The third-order valence-electron chi connectivity index (χ3n) is 3.92. The van der Waals surface area contributed by atoms with Crippen LogP contribution < -0.4 is 26.8 Å². The van der Waals surface area contributed by atoms with E-state index in [1.165, 1.54) is 26.0 Å². The highest BCUT2D eigenvalue weighted by atomic mass is 19.4. The number of hydrogen-bond acceptors (Lipinski definition) is 5. The number of benzene rings is 1. The Morgan fingerprint density at radius 3 is 2.21 bits per heavy atom. The zero-order valence-corrected chi connectivity index (χ0v) is 16.1. The second kappa shape index (κ2) is 10.1. The number of rotatable bonds is 10. The molecule has 0 aromatic heterocycles. The normalized spacial score (nSPS) is 12.8. The van der Waals surface area contributed by atoms with Crippen molar-refractivity contribution in [2.45, 2.75) is 51.1 Å². The van der Waals surface area contributed by atoms with Gasteiger partial charge in [0, 0.05) is 0 Å². The predicted molar refractivity (Wildman–Crippen MR) is 98.5 cm³/mol. The van der Waals surface area contributed by atoms with Gasteiger partial charge in [0.1, 0.15) is 17.3 Å². The first kappa shape index (κ1) is 24.2. The van der Waals surface area contributed by atoms with E-state index in [2.05, 4.69) is 15.4 Å². The average Bonchev–Trinajstić information content (AvgIpc) is 2.58. The molecule has 0 fully saturated rings. The minimum Gasteiger partial charge on any atom is -0.406 e. The van der Waals surface area contributed by atoms with Gasteiger partial charge >= 0.3 is 6.36 Å². The fourth-order valence-corrected chi connectivity index (χ4v) is 2.29. The Hall–Kier alpha value is -2.82. The van der Waals surface area contributed by atoms with Crippen molar-refractivity contribution in [3.8, 4) is 5.75 Å². The molecule has 0 unspecified atom stereocenters. The van der Waals surface area contributed by atoms with E-state index in [0.717, 1.165) is 12.1 Å². The Kier molecular flexibility index (Phi) is 8.43. The predicted octanol–water partition coefficient (Wildman–Crippen LogP) is 0.732. The lowest BCUT2D eigenvalue weighted by molar-refractivity contribution is -0.274. The fraction of sp³-hybridized carbons (Fsp3) is 0.500. The van der Waals surface area contributed by atoms with Gasteiger partial charge in [0.2, 0.25) is 17.7 Å². The Morgan fingerprint density at radius 1 is 1.14 bits per heavy atom. The molecule has 0 aliphatic carbocycles. The number of nitrogens with two attached hydrogens (primary N) is 2. The van der Waals surface area contributed by atoms with Crippen LogP contribution in [0.2, 0.25) is 0 Å². The monoisotopic (exact) mass is 418 g/mol. The summed E-state index contributed by atoms with van der Waals surface area (Å²) in [6.45, 7) is 3.15. The average molecular weight is 418 g/mol. The maximum absolute atomic E-state index is 12.4. The first-order valence-electron chi connectivity index (χ1n) is 8.80. The first-order valence-corrected chi connectivity index (χ1v) is 8.80. The number of alkyl halides is 3. The number of carbonyl (C=O) groups excluding carboxylic acids is 3. The van der Waals surface area contributed by atoms with Crippen molar-refractivity contribution in [2.24, 2.45) is 11.5 Å². The maximum Gasteiger partial charge on any atom is 0.573 e. The molecule has 1 rings (SSSR count). The number of amides is 3. The van der Waals surface area contributed by atoms with E-state index in [-0.39, 0.29) is 12.8 Å². The summed E-state index contributed by atoms with van der Waals surface area (Å²) in [5.41, 5.74) is 9.80. The first-order chi connectivity index (χ1) is 13.3. The molecule has 0 aliphatic heterocycles. The molecule has 0 bridgehead atoms. The number of hydrogen-bond donors (Lipinski definition) is 4. The summed E-state index contributed by atoms with van der Waals surface area (Å²) in [5, 5.41) is 5.02. The molecule has 0 saturated carbocycles. The summed E-state index contributed by atoms with van der Waals surface area (Å²) in [4.78, 5) is 36.1. The van der Waals surface area contributed by atoms with Crippen molar-refractivity contribution < 1.29 is 32.3 Å². The van der Waals surface area contributed by atoms with Gasteiger partial charge in [-0.2, -0.15) is 0 Å². The Balaban J connectivity index is 2.75. The van der Waals surface area contributed by atoms with Crippen LogP contribution in [0.25, 0.3) is 0 Å². The largest absolute Gasteiger partial charge is 0.573 e. The number of nitrogens with one attached hydrogen (secondary N) is 2. The molecule has 0 spiro atoms. The summed E-state index contributed by atoms with van der Waals surface area (Å²) < 4.78 is 40.3. The van der Waals surface area contributed by atoms with Gasteiger partial charge < -0.3 is 26.8 Å². The van der Waals surface area contributed by atoms with Crippen molar-refractivity contribution in [1.82, 2.24) is 10.6 Å². The van der Waals surface area contributed by atoms with Crippen LogP contribution in [-0.2, 0) is 20.8 Å². The molecule has 162 valence electrons. The van der Waals surface area contributed by atoms with Gasteiger partial charge in [0.15, 0.2) is 0 Å². The number of ether oxygens (including phenoxy) is 1. The van der Waals surface area contributed by atoms with Crippen LogP contribution >= 0.6 is 0 Å². The number of primary amides is 1. The van der Waals surface area contributed by atoms with E-state index in [0.29, 0.717) is 18.5 Å². The van der Waals surface area contributed by atoms with Crippen LogP contribution in [0.5, 0.6) is 5.75 Å². The molecule has 6 N–H and O–H groups in total. The Bertz CT molecular complexity index is 721. The molecule has 1 aromatic carbocycles. The molecular formula is C18H25F3N4O4. The third kappa shape index (κ3) is 8.81. The third-order valence-corrected chi connectivity index (χ3v) is 3.92. The Morgan fingerprint density at radius 2 is 1.72 bits per heavy atom. The van der Waals surface area contributed by atoms with Gasteiger partial charge in [-0.05, 0) is 50.9 Å². The number of halogens is 3. The van der Waals surface area contributed by atoms with Gasteiger partial charge in [-0.3, -0.25) is 14.4 Å².